The third-order valence-electron chi connectivity index (χ3n) is 4.25. The van der Waals surface area contributed by atoms with E-state index in [1.165, 1.54) is 4.68 Å². The molecule has 29 heavy (non-hydrogen) atoms. The summed E-state index contributed by atoms with van der Waals surface area (Å²) in [6.45, 7) is 5.81. The molecule has 0 aliphatic carbocycles. The van der Waals surface area contributed by atoms with Crippen molar-refractivity contribution in [3.8, 4) is 11.6 Å². The van der Waals surface area contributed by atoms with Crippen LogP contribution >= 0.6 is 23.2 Å². The number of nitrogens with one attached hydrogen (secondary N) is 2. The number of anilines is 1. The Hall–Kier alpha value is -2.78. The number of nitrogens with zero attached hydrogens (tertiary/aromatic N) is 3. The fourth-order valence-corrected chi connectivity index (χ4v) is 3.19. The summed E-state index contributed by atoms with van der Waals surface area (Å²) in [6, 6.07) is 3.23. The van der Waals surface area contributed by atoms with Gasteiger partial charge in [-0.15, -0.1) is 5.10 Å². The van der Waals surface area contributed by atoms with Crippen molar-refractivity contribution in [2.45, 2.75) is 33.2 Å². The predicted octanol–water partition coefficient (Wildman–Crippen LogP) is 3.60. The molecule has 0 aliphatic heterocycles. The highest BCUT2D eigenvalue weighted by Crippen LogP contribution is 2.41. The molecule has 0 radical (unpaired) electrons. The van der Waals surface area contributed by atoms with E-state index in [9.17, 15) is 9.59 Å². The predicted molar refractivity (Wildman–Crippen MR) is 109 cm³/mol. The average Bonchev–Trinajstić information content (AvgIpc) is 3.08. The van der Waals surface area contributed by atoms with Crippen LogP contribution < -0.4 is 21.4 Å². The van der Waals surface area contributed by atoms with Gasteiger partial charge in [-0.3, -0.25) is 14.3 Å². The number of H-pyrrole nitrogens is 1. The Morgan fingerprint density at radius 3 is 2.66 bits per heavy atom. The van der Waals surface area contributed by atoms with E-state index in [0.717, 1.165) is 0 Å². The van der Waals surface area contributed by atoms with Gasteiger partial charge in [0.15, 0.2) is 11.6 Å². The van der Waals surface area contributed by atoms with E-state index in [-0.39, 0.29) is 39.7 Å². The summed E-state index contributed by atoms with van der Waals surface area (Å²) in [5.41, 5.74) is 1.69. The molecule has 0 spiro atoms. The highest BCUT2D eigenvalue weighted by atomic mass is 35.5. The van der Waals surface area contributed by atoms with Crippen LogP contribution in [-0.2, 0) is 13.6 Å². The molecule has 2 N–H and O–H groups in total. The Bertz CT molecular complexity index is 1170. The molecular weight excluding hydrogens is 421 g/mol. The van der Waals surface area contributed by atoms with Crippen LogP contribution in [-0.4, -0.2) is 19.9 Å². The summed E-state index contributed by atoms with van der Waals surface area (Å²) >= 11 is 12.9. The van der Waals surface area contributed by atoms with Gasteiger partial charge in [0.25, 0.3) is 5.56 Å². The van der Waals surface area contributed by atoms with Crippen molar-refractivity contribution in [2.75, 3.05) is 5.32 Å². The SMILES string of the molecule is Cc1c(NCc2noc(=O)[nH]2)cc(Cl)c(Oc2cc(C(C)C)c(=O)n(C)n2)c1Cl. The molecule has 2 aromatic heterocycles. The van der Waals surface area contributed by atoms with Crippen LogP contribution in [0, 0.1) is 6.92 Å². The number of rotatable bonds is 6. The summed E-state index contributed by atoms with van der Waals surface area (Å²) in [6.07, 6.45) is 0. The zero-order valence-corrected chi connectivity index (χ0v) is 17.7. The van der Waals surface area contributed by atoms with Gasteiger partial charge in [0, 0.05) is 24.4 Å². The van der Waals surface area contributed by atoms with Gasteiger partial charge in [0.2, 0.25) is 5.88 Å². The maximum absolute atomic E-state index is 12.2. The third-order valence-corrected chi connectivity index (χ3v) is 4.98. The van der Waals surface area contributed by atoms with E-state index in [1.807, 2.05) is 13.8 Å². The molecule has 1 aromatic carbocycles. The Morgan fingerprint density at radius 2 is 2.03 bits per heavy atom. The quantitative estimate of drug-likeness (QED) is 0.602. The topological polar surface area (TPSA) is 115 Å². The molecule has 0 bridgehead atoms. The number of ether oxygens (including phenoxy) is 1. The molecule has 154 valence electrons. The lowest BCUT2D eigenvalue weighted by molar-refractivity contribution is 0.382. The molecule has 0 fully saturated rings. The normalized spacial score (nSPS) is 11.1. The van der Waals surface area contributed by atoms with E-state index >= 15 is 0 Å². The Kier molecular flexibility index (Phi) is 5.99. The molecule has 11 heteroatoms. The maximum atomic E-state index is 12.2. The van der Waals surface area contributed by atoms with Gasteiger partial charge >= 0.3 is 5.76 Å². The first-order chi connectivity index (χ1) is 13.7. The lowest BCUT2D eigenvalue weighted by atomic mass is 10.1. The van der Waals surface area contributed by atoms with E-state index < -0.39 is 5.76 Å². The van der Waals surface area contributed by atoms with Crippen LogP contribution in [0.4, 0.5) is 5.69 Å². The number of benzene rings is 1. The van der Waals surface area contributed by atoms with Crippen molar-refractivity contribution in [1.82, 2.24) is 19.9 Å². The summed E-state index contributed by atoms with van der Waals surface area (Å²) in [4.78, 5) is 25.6. The van der Waals surface area contributed by atoms with Gasteiger partial charge in [-0.2, -0.15) is 0 Å². The molecular formula is C18H19Cl2N5O4. The van der Waals surface area contributed by atoms with Gasteiger partial charge in [-0.25, -0.2) is 9.48 Å². The maximum Gasteiger partial charge on any atom is 0.438 e. The van der Waals surface area contributed by atoms with Crippen molar-refractivity contribution in [3.05, 3.63) is 60.0 Å². The number of aromatic amines is 1. The molecule has 3 rings (SSSR count). The van der Waals surface area contributed by atoms with Crippen LogP contribution in [0.5, 0.6) is 11.6 Å². The first-order valence-electron chi connectivity index (χ1n) is 8.70. The van der Waals surface area contributed by atoms with Crippen LogP contribution in [0.2, 0.25) is 10.0 Å². The molecule has 9 nitrogen and oxygen atoms in total. The van der Waals surface area contributed by atoms with Crippen molar-refractivity contribution in [1.29, 1.82) is 0 Å². The monoisotopic (exact) mass is 439 g/mol. The van der Waals surface area contributed by atoms with Crippen LogP contribution in [0.3, 0.4) is 0 Å². The molecule has 2 heterocycles. The van der Waals surface area contributed by atoms with E-state index in [0.29, 0.717) is 22.6 Å². The lowest BCUT2D eigenvalue weighted by Gasteiger charge is -2.16. The standard InChI is InChI=1S/C18H19Cl2N5O4/c1-8(2)10-5-14(23-25(4)17(10)26)28-16-11(19)6-12(9(3)15(16)20)21-7-13-22-18(27)29-24-13/h5-6,8,21H,7H2,1-4H3,(H,22,24,27). The minimum atomic E-state index is -0.635. The minimum absolute atomic E-state index is 0.00118. The fourth-order valence-electron chi connectivity index (χ4n) is 2.66. The number of halogens is 2. The largest absolute Gasteiger partial charge is 0.438 e. The lowest BCUT2D eigenvalue weighted by Crippen LogP contribution is -2.24. The molecule has 0 aliphatic rings. The third kappa shape index (κ3) is 4.46. The first kappa shape index (κ1) is 20.9. The molecule has 0 saturated carbocycles. The number of aromatic nitrogens is 4. The summed E-state index contributed by atoms with van der Waals surface area (Å²) < 4.78 is 11.5. The Labute approximate surface area is 175 Å². The van der Waals surface area contributed by atoms with E-state index in [1.54, 1.807) is 26.1 Å². The second-order valence-corrected chi connectivity index (χ2v) is 7.48. The van der Waals surface area contributed by atoms with E-state index in [2.05, 4.69) is 25.1 Å². The zero-order valence-electron chi connectivity index (χ0n) is 16.2. The smallest absolute Gasteiger partial charge is 0.434 e. The van der Waals surface area contributed by atoms with Crippen molar-refractivity contribution in [2.24, 2.45) is 7.05 Å². The molecule has 0 amide bonds. The first-order valence-corrected chi connectivity index (χ1v) is 9.46. The molecule has 0 unspecified atom stereocenters. The van der Waals surface area contributed by atoms with Crippen LogP contribution in [0.25, 0.3) is 0 Å². The molecule has 3 aromatic rings. The van der Waals surface area contributed by atoms with Crippen molar-refractivity contribution < 1.29 is 9.26 Å². The van der Waals surface area contributed by atoms with Crippen molar-refractivity contribution >= 4 is 28.9 Å². The second kappa shape index (κ2) is 8.30. The van der Waals surface area contributed by atoms with Gasteiger partial charge in [0.1, 0.15) is 0 Å². The minimum Gasteiger partial charge on any atom is -0.434 e. The number of hydrogen-bond acceptors (Lipinski definition) is 7. The number of hydrogen-bond donors (Lipinski definition) is 2. The molecule has 0 atom stereocenters. The molecule has 0 saturated heterocycles. The van der Waals surface area contributed by atoms with Gasteiger partial charge in [-0.05, 0) is 24.5 Å². The van der Waals surface area contributed by atoms with Gasteiger partial charge in [0.05, 0.1) is 16.6 Å². The summed E-state index contributed by atoms with van der Waals surface area (Å²) in [5, 5.41) is 11.3. The van der Waals surface area contributed by atoms with Crippen molar-refractivity contribution in [3.63, 3.8) is 0 Å². The van der Waals surface area contributed by atoms with E-state index in [4.69, 9.17) is 27.9 Å². The highest BCUT2D eigenvalue weighted by molar-refractivity contribution is 6.38. The van der Waals surface area contributed by atoms with Crippen LogP contribution in [0.1, 0.15) is 36.7 Å². The van der Waals surface area contributed by atoms with Gasteiger partial charge < -0.3 is 10.1 Å². The number of aryl methyl sites for hydroxylation is 1. The fraction of sp³-hybridized carbons (Fsp3) is 0.333. The Balaban J connectivity index is 1.90. The van der Waals surface area contributed by atoms with Gasteiger partial charge in [-0.1, -0.05) is 42.2 Å². The zero-order chi connectivity index (χ0) is 21.3. The summed E-state index contributed by atoms with van der Waals surface area (Å²) in [7, 11) is 1.55. The highest BCUT2D eigenvalue weighted by Gasteiger charge is 2.18. The Morgan fingerprint density at radius 1 is 1.31 bits per heavy atom. The van der Waals surface area contributed by atoms with Crippen LogP contribution in [0.15, 0.2) is 26.2 Å². The summed E-state index contributed by atoms with van der Waals surface area (Å²) in [5.74, 6) is 0.134. The second-order valence-electron chi connectivity index (χ2n) is 6.69. The average molecular weight is 440 g/mol.